The van der Waals surface area contributed by atoms with Crippen molar-refractivity contribution in [3.8, 4) is 0 Å². The molecule has 0 fully saturated rings. The lowest BCUT2D eigenvalue weighted by Crippen LogP contribution is -2.27. The molecule has 0 aliphatic carbocycles. The predicted molar refractivity (Wildman–Crippen MR) is 110 cm³/mol. The summed E-state index contributed by atoms with van der Waals surface area (Å²) in [6.45, 7) is 3.15. The highest BCUT2D eigenvalue weighted by Crippen LogP contribution is 2.14. The molecule has 3 aromatic heterocycles. The van der Waals surface area contributed by atoms with Crippen LogP contribution in [0.5, 0.6) is 0 Å². The van der Waals surface area contributed by atoms with Gasteiger partial charge in [0.1, 0.15) is 5.58 Å². The molecule has 0 N–H and O–H groups in total. The molecule has 4 rings (SSSR count). The topological polar surface area (TPSA) is 51.3 Å². The fraction of sp³-hybridized carbons (Fsp3) is 0.217. The van der Waals surface area contributed by atoms with Gasteiger partial charge in [0.2, 0.25) is 0 Å². The van der Waals surface area contributed by atoms with Gasteiger partial charge >= 0.3 is 0 Å². The van der Waals surface area contributed by atoms with E-state index in [1.807, 2.05) is 48.5 Å². The Morgan fingerprint density at radius 1 is 0.964 bits per heavy atom. The third kappa shape index (κ3) is 4.38. The van der Waals surface area contributed by atoms with Gasteiger partial charge in [-0.05, 0) is 48.4 Å². The Hall–Kier alpha value is -3.18. The standard InChI is InChI=1S/C23H23N3O2/c27-23-20(18-28-22-7-2-1-6-21(22)23)17-26(16-19-8-10-24-11-9-19)15-5-14-25-12-3-4-13-25/h1-4,6-13,18H,5,14-17H2. The van der Waals surface area contributed by atoms with Crippen LogP contribution in [0, 0.1) is 0 Å². The number of aryl methyl sites for hydroxylation is 1. The van der Waals surface area contributed by atoms with Crippen LogP contribution < -0.4 is 5.43 Å². The molecule has 0 spiro atoms. The number of pyridine rings is 1. The molecule has 0 aliphatic heterocycles. The van der Waals surface area contributed by atoms with Crippen molar-refractivity contribution in [1.29, 1.82) is 0 Å². The Labute approximate surface area is 163 Å². The first-order chi connectivity index (χ1) is 13.8. The Balaban J connectivity index is 1.52. The van der Waals surface area contributed by atoms with Gasteiger partial charge in [0.25, 0.3) is 0 Å². The highest BCUT2D eigenvalue weighted by molar-refractivity contribution is 5.76. The molecule has 0 atom stereocenters. The van der Waals surface area contributed by atoms with E-state index in [1.165, 1.54) is 5.56 Å². The molecule has 0 aliphatic rings. The zero-order valence-corrected chi connectivity index (χ0v) is 15.7. The van der Waals surface area contributed by atoms with E-state index < -0.39 is 0 Å². The lowest BCUT2D eigenvalue weighted by Gasteiger charge is -2.22. The van der Waals surface area contributed by atoms with Crippen LogP contribution in [0.15, 0.2) is 88.8 Å². The number of hydrogen-bond donors (Lipinski definition) is 0. The van der Waals surface area contributed by atoms with Crippen molar-refractivity contribution in [3.63, 3.8) is 0 Å². The van der Waals surface area contributed by atoms with Crippen molar-refractivity contribution in [2.45, 2.75) is 26.1 Å². The number of para-hydroxylation sites is 1. The van der Waals surface area contributed by atoms with Crippen molar-refractivity contribution in [1.82, 2.24) is 14.5 Å². The van der Waals surface area contributed by atoms with E-state index in [4.69, 9.17) is 4.42 Å². The number of aromatic nitrogens is 2. The van der Waals surface area contributed by atoms with E-state index in [0.29, 0.717) is 23.1 Å². The van der Waals surface area contributed by atoms with E-state index in [1.54, 1.807) is 18.7 Å². The fourth-order valence-corrected chi connectivity index (χ4v) is 3.42. The zero-order chi connectivity index (χ0) is 19.2. The largest absolute Gasteiger partial charge is 0.464 e. The van der Waals surface area contributed by atoms with Gasteiger partial charge in [0, 0.05) is 56.5 Å². The second kappa shape index (κ2) is 8.67. The average molecular weight is 373 g/mol. The Kier molecular flexibility index (Phi) is 5.64. The molecule has 5 nitrogen and oxygen atoms in total. The summed E-state index contributed by atoms with van der Waals surface area (Å²) in [6, 6.07) is 15.5. The molecule has 142 valence electrons. The van der Waals surface area contributed by atoms with Crippen LogP contribution in [0.25, 0.3) is 11.0 Å². The monoisotopic (exact) mass is 373 g/mol. The quantitative estimate of drug-likeness (QED) is 0.467. The third-order valence-electron chi connectivity index (χ3n) is 4.86. The van der Waals surface area contributed by atoms with Crippen LogP contribution in [-0.2, 0) is 19.6 Å². The molecule has 0 amide bonds. The normalized spacial score (nSPS) is 11.3. The molecule has 1 aromatic carbocycles. The van der Waals surface area contributed by atoms with Gasteiger partial charge in [0.05, 0.1) is 11.6 Å². The molecule has 0 bridgehead atoms. The van der Waals surface area contributed by atoms with E-state index in [9.17, 15) is 4.79 Å². The van der Waals surface area contributed by atoms with Crippen LogP contribution >= 0.6 is 0 Å². The van der Waals surface area contributed by atoms with Gasteiger partial charge in [-0.3, -0.25) is 14.7 Å². The highest BCUT2D eigenvalue weighted by atomic mass is 16.3. The van der Waals surface area contributed by atoms with Gasteiger partial charge in [-0.15, -0.1) is 0 Å². The lowest BCUT2D eigenvalue weighted by molar-refractivity contribution is 0.246. The summed E-state index contributed by atoms with van der Waals surface area (Å²) in [4.78, 5) is 19.3. The molecule has 4 aromatic rings. The summed E-state index contributed by atoms with van der Waals surface area (Å²) in [6.07, 6.45) is 10.4. The minimum atomic E-state index is 0.0481. The Morgan fingerprint density at radius 3 is 2.57 bits per heavy atom. The number of nitrogens with zero attached hydrogens (tertiary/aromatic N) is 3. The maximum Gasteiger partial charge on any atom is 0.197 e. The van der Waals surface area contributed by atoms with Crippen molar-refractivity contribution < 1.29 is 4.42 Å². The predicted octanol–water partition coefficient (Wildman–Crippen LogP) is 4.08. The first-order valence-electron chi connectivity index (χ1n) is 9.51. The summed E-state index contributed by atoms with van der Waals surface area (Å²) in [7, 11) is 0. The second-order valence-electron chi connectivity index (χ2n) is 6.93. The fourth-order valence-electron chi connectivity index (χ4n) is 3.42. The van der Waals surface area contributed by atoms with Crippen LogP contribution in [-0.4, -0.2) is 21.0 Å². The second-order valence-corrected chi connectivity index (χ2v) is 6.93. The zero-order valence-electron chi connectivity index (χ0n) is 15.7. The van der Waals surface area contributed by atoms with E-state index in [0.717, 1.165) is 26.1 Å². The third-order valence-corrected chi connectivity index (χ3v) is 4.86. The smallest absolute Gasteiger partial charge is 0.197 e. The number of rotatable bonds is 8. The van der Waals surface area contributed by atoms with E-state index >= 15 is 0 Å². The molecule has 0 saturated carbocycles. The van der Waals surface area contributed by atoms with Crippen molar-refractivity contribution >= 4 is 11.0 Å². The summed E-state index contributed by atoms with van der Waals surface area (Å²) in [5.74, 6) is 0. The van der Waals surface area contributed by atoms with Gasteiger partial charge in [-0.2, -0.15) is 0 Å². The van der Waals surface area contributed by atoms with Gasteiger partial charge in [0.15, 0.2) is 5.43 Å². The van der Waals surface area contributed by atoms with Gasteiger partial charge < -0.3 is 8.98 Å². The van der Waals surface area contributed by atoms with Crippen LogP contribution in [0.2, 0.25) is 0 Å². The molecule has 3 heterocycles. The summed E-state index contributed by atoms with van der Waals surface area (Å²) < 4.78 is 7.87. The van der Waals surface area contributed by atoms with Crippen molar-refractivity contribution in [2.24, 2.45) is 0 Å². The molecular weight excluding hydrogens is 350 g/mol. The maximum absolute atomic E-state index is 12.9. The SMILES string of the molecule is O=c1c(CN(CCCn2cccc2)Cc2ccncc2)coc2ccccc12. The molecule has 5 heteroatoms. The number of hydrogen-bond acceptors (Lipinski definition) is 4. The minimum Gasteiger partial charge on any atom is -0.464 e. The van der Waals surface area contributed by atoms with Crippen molar-refractivity contribution in [2.75, 3.05) is 6.54 Å². The average Bonchev–Trinajstić information content (AvgIpc) is 3.24. The molecule has 0 saturated heterocycles. The van der Waals surface area contributed by atoms with Crippen LogP contribution in [0.1, 0.15) is 17.5 Å². The van der Waals surface area contributed by atoms with Crippen LogP contribution in [0.4, 0.5) is 0 Å². The van der Waals surface area contributed by atoms with Gasteiger partial charge in [-0.1, -0.05) is 12.1 Å². The molecule has 0 unspecified atom stereocenters. The van der Waals surface area contributed by atoms with Crippen LogP contribution in [0.3, 0.4) is 0 Å². The number of benzene rings is 1. The number of fused-ring (bicyclic) bond motifs is 1. The first-order valence-corrected chi connectivity index (χ1v) is 9.51. The lowest BCUT2D eigenvalue weighted by atomic mass is 10.1. The minimum absolute atomic E-state index is 0.0481. The summed E-state index contributed by atoms with van der Waals surface area (Å²) in [5, 5.41) is 0.635. The summed E-state index contributed by atoms with van der Waals surface area (Å²) in [5.41, 5.74) is 2.55. The first kappa shape index (κ1) is 18.2. The molecule has 0 radical (unpaired) electrons. The Bertz CT molecular complexity index is 1070. The molecular formula is C23H23N3O2. The summed E-state index contributed by atoms with van der Waals surface area (Å²) >= 11 is 0. The van der Waals surface area contributed by atoms with Crippen molar-refractivity contribution in [3.05, 3.63) is 101 Å². The van der Waals surface area contributed by atoms with E-state index in [-0.39, 0.29) is 5.43 Å². The maximum atomic E-state index is 12.9. The Morgan fingerprint density at radius 2 is 1.75 bits per heavy atom. The molecule has 28 heavy (non-hydrogen) atoms. The highest BCUT2D eigenvalue weighted by Gasteiger charge is 2.12. The van der Waals surface area contributed by atoms with E-state index in [2.05, 4.69) is 26.8 Å². The van der Waals surface area contributed by atoms with Gasteiger partial charge in [-0.25, -0.2) is 0 Å².